The van der Waals surface area contributed by atoms with Gasteiger partial charge in [0.15, 0.2) is 23.8 Å². The van der Waals surface area contributed by atoms with Gasteiger partial charge in [0.1, 0.15) is 11.7 Å². The van der Waals surface area contributed by atoms with Crippen LogP contribution < -0.4 is 0 Å². The van der Waals surface area contributed by atoms with Crippen molar-refractivity contribution in [3.63, 3.8) is 0 Å². The first-order valence-electron chi connectivity index (χ1n) is 11.0. The van der Waals surface area contributed by atoms with Gasteiger partial charge in [-0.3, -0.25) is 19.2 Å². The van der Waals surface area contributed by atoms with E-state index in [2.05, 4.69) is 0 Å². The van der Waals surface area contributed by atoms with Crippen LogP contribution in [-0.4, -0.2) is 68.7 Å². The molecule has 4 rings (SSSR count). The van der Waals surface area contributed by atoms with Crippen LogP contribution in [0.15, 0.2) is 11.6 Å². The van der Waals surface area contributed by atoms with Crippen molar-refractivity contribution in [1.82, 2.24) is 0 Å². The number of halogens is 1. The van der Waals surface area contributed by atoms with Crippen molar-refractivity contribution in [3.05, 3.63) is 11.6 Å². The average molecular weight is 452 g/mol. The molecule has 9 heteroatoms. The number of ketones is 3. The van der Waals surface area contributed by atoms with Crippen molar-refractivity contribution in [2.75, 3.05) is 6.61 Å². The van der Waals surface area contributed by atoms with Crippen molar-refractivity contribution in [3.8, 4) is 0 Å². The number of rotatable bonds is 3. The van der Waals surface area contributed by atoms with E-state index < -0.39 is 76.7 Å². The second-order valence-corrected chi connectivity index (χ2v) is 10.3. The van der Waals surface area contributed by atoms with Crippen LogP contribution in [0.5, 0.6) is 0 Å². The van der Waals surface area contributed by atoms with E-state index in [0.29, 0.717) is 0 Å². The topological polar surface area (TPSA) is 138 Å². The lowest BCUT2D eigenvalue weighted by Gasteiger charge is -2.62. The van der Waals surface area contributed by atoms with Crippen molar-refractivity contribution in [2.45, 2.75) is 76.4 Å². The Bertz CT molecular complexity index is 944. The summed E-state index contributed by atoms with van der Waals surface area (Å²) in [6.45, 7) is 3.47. The second kappa shape index (κ2) is 7.01. The highest BCUT2D eigenvalue weighted by atomic mass is 19.1. The number of carbonyl (C=O) groups excluding carboxylic acids is 4. The van der Waals surface area contributed by atoms with Gasteiger partial charge in [-0.25, -0.2) is 4.39 Å². The number of hydrogen-bond donors (Lipinski definition) is 3. The molecule has 0 aromatic heterocycles. The number of aliphatic hydroxyl groups is 3. The molecule has 3 fully saturated rings. The molecular weight excluding hydrogens is 423 g/mol. The Balaban J connectivity index is 1.80. The Morgan fingerprint density at radius 2 is 1.88 bits per heavy atom. The highest BCUT2D eigenvalue weighted by Gasteiger charge is 2.77. The number of ether oxygens (including phenoxy) is 1. The summed E-state index contributed by atoms with van der Waals surface area (Å²) in [5.41, 5.74) is -7.48. The van der Waals surface area contributed by atoms with Gasteiger partial charge in [-0.2, -0.15) is 0 Å². The first kappa shape index (κ1) is 23.2. The molecule has 0 spiro atoms. The third kappa shape index (κ3) is 2.64. The molecule has 0 heterocycles. The summed E-state index contributed by atoms with van der Waals surface area (Å²) in [6, 6.07) is 0. The predicted octanol–water partition coefficient (Wildman–Crippen LogP) is 0.594. The highest BCUT2D eigenvalue weighted by Crippen LogP contribution is 2.69. The minimum atomic E-state index is -2.56. The van der Waals surface area contributed by atoms with Crippen LogP contribution in [0.25, 0.3) is 0 Å². The van der Waals surface area contributed by atoms with Gasteiger partial charge in [-0.05, 0) is 36.8 Å². The normalized spacial score (nSPS) is 47.8. The van der Waals surface area contributed by atoms with Gasteiger partial charge in [0.25, 0.3) is 0 Å². The molecule has 0 aliphatic heterocycles. The fraction of sp³-hybridized carbons (Fsp3) is 0.739. The first-order valence-corrected chi connectivity index (χ1v) is 11.0. The Morgan fingerprint density at radius 3 is 2.50 bits per heavy atom. The maximum atomic E-state index is 17.0. The molecule has 4 aliphatic rings. The van der Waals surface area contributed by atoms with E-state index in [1.165, 1.54) is 13.8 Å². The molecule has 8 nitrogen and oxygen atoms in total. The number of fused-ring (bicyclic) bond motifs is 5. The quantitative estimate of drug-likeness (QED) is 0.529. The van der Waals surface area contributed by atoms with Gasteiger partial charge in [-0.15, -0.1) is 0 Å². The van der Waals surface area contributed by atoms with E-state index in [1.807, 2.05) is 0 Å². The largest absolute Gasteiger partial charge is 0.458 e. The average Bonchev–Trinajstić information content (AvgIpc) is 2.98. The summed E-state index contributed by atoms with van der Waals surface area (Å²) in [5, 5.41) is 33.2. The molecular formula is C23H29FO8. The molecule has 0 bridgehead atoms. The number of hydrogen-bond acceptors (Lipinski definition) is 8. The van der Waals surface area contributed by atoms with Crippen molar-refractivity contribution in [2.24, 2.45) is 22.7 Å². The maximum Gasteiger partial charge on any atom is 0.303 e. The lowest BCUT2D eigenvalue weighted by molar-refractivity contribution is -0.216. The zero-order valence-electron chi connectivity index (χ0n) is 18.4. The van der Waals surface area contributed by atoms with E-state index in [1.54, 1.807) is 0 Å². The Hall–Kier alpha value is -1.97. The monoisotopic (exact) mass is 452 g/mol. The van der Waals surface area contributed by atoms with Gasteiger partial charge < -0.3 is 20.1 Å². The molecule has 176 valence electrons. The molecule has 8 atom stereocenters. The lowest BCUT2D eigenvalue weighted by atomic mass is 9.43. The molecule has 0 amide bonds. The Morgan fingerprint density at radius 1 is 1.22 bits per heavy atom. The zero-order valence-corrected chi connectivity index (χ0v) is 18.4. The third-order valence-corrected chi connectivity index (χ3v) is 8.91. The molecule has 0 aromatic carbocycles. The van der Waals surface area contributed by atoms with E-state index in [9.17, 15) is 34.5 Å². The molecule has 3 N–H and O–H groups in total. The summed E-state index contributed by atoms with van der Waals surface area (Å²) in [5.74, 6) is -4.81. The van der Waals surface area contributed by atoms with Gasteiger partial charge in [0.05, 0.1) is 6.10 Å². The van der Waals surface area contributed by atoms with Crippen LogP contribution in [0, 0.1) is 22.7 Å². The van der Waals surface area contributed by atoms with Gasteiger partial charge in [-0.1, -0.05) is 13.8 Å². The lowest BCUT2D eigenvalue weighted by Crippen LogP contribution is -2.73. The first-order chi connectivity index (χ1) is 14.7. The van der Waals surface area contributed by atoms with Crippen molar-refractivity contribution < 1.29 is 43.6 Å². The molecule has 2 unspecified atom stereocenters. The SMILES string of the molecule is CC(=O)OCC(=O)[C@@]1(O)CC[C@H]2[C@@H]3C(O)C(O)C4=CC(=O)CC[C@]4(C)[C@@]3(F)C(=O)C[C@@]21C. The minimum absolute atomic E-state index is 0.0132. The second-order valence-electron chi connectivity index (χ2n) is 10.3. The van der Waals surface area contributed by atoms with Crippen LogP contribution in [0.1, 0.15) is 52.9 Å². The van der Waals surface area contributed by atoms with E-state index in [-0.39, 0.29) is 37.0 Å². The number of alkyl halides is 1. The van der Waals surface area contributed by atoms with Crippen LogP contribution in [0.2, 0.25) is 0 Å². The Labute approximate surface area is 184 Å². The number of Topliss-reactive ketones (excluding diaryl/α,β-unsaturated/α-hetero) is 2. The van der Waals surface area contributed by atoms with E-state index in [4.69, 9.17) is 4.74 Å². The van der Waals surface area contributed by atoms with Crippen molar-refractivity contribution in [1.29, 1.82) is 0 Å². The summed E-state index contributed by atoms with van der Waals surface area (Å²) >= 11 is 0. The van der Waals surface area contributed by atoms with Crippen LogP contribution >= 0.6 is 0 Å². The molecule has 3 saturated carbocycles. The molecule has 0 saturated heterocycles. The molecule has 0 radical (unpaired) electrons. The standard InChI is InChI=1S/C23H29FO8/c1-11(25)32-10-16(28)22(31)7-5-13-17-19(30)18(29)14-8-12(26)4-6-20(14,2)23(17,24)15(27)9-21(13,22)3/h8,13,17-19,29-31H,4-7,9-10H2,1-3H3/t13-,17+,18?,19?,20-,21-,22-,23+/m0/s1. The summed E-state index contributed by atoms with van der Waals surface area (Å²) < 4.78 is 21.7. The van der Waals surface area contributed by atoms with Crippen LogP contribution in [0.3, 0.4) is 0 Å². The minimum Gasteiger partial charge on any atom is -0.458 e. The summed E-state index contributed by atoms with van der Waals surface area (Å²) in [6.07, 6.45) is -2.46. The molecule has 0 aromatic rings. The van der Waals surface area contributed by atoms with Gasteiger partial charge in [0.2, 0.25) is 5.78 Å². The van der Waals surface area contributed by atoms with E-state index in [0.717, 1.165) is 13.0 Å². The summed E-state index contributed by atoms with van der Waals surface area (Å²) in [7, 11) is 0. The highest BCUT2D eigenvalue weighted by molar-refractivity contribution is 5.97. The van der Waals surface area contributed by atoms with Crippen LogP contribution in [0.4, 0.5) is 4.39 Å². The predicted molar refractivity (Wildman–Crippen MR) is 107 cm³/mol. The molecule has 4 aliphatic carbocycles. The summed E-state index contributed by atoms with van der Waals surface area (Å²) in [4.78, 5) is 49.5. The van der Waals surface area contributed by atoms with Crippen molar-refractivity contribution >= 4 is 23.3 Å². The number of aliphatic hydroxyl groups excluding tert-OH is 2. The zero-order chi connectivity index (χ0) is 23.9. The smallest absolute Gasteiger partial charge is 0.303 e. The fourth-order valence-corrected chi connectivity index (χ4v) is 7.05. The maximum absolute atomic E-state index is 17.0. The third-order valence-electron chi connectivity index (χ3n) is 8.91. The Kier molecular flexibility index (Phi) is 5.08. The van der Waals surface area contributed by atoms with Gasteiger partial charge >= 0.3 is 5.97 Å². The number of carbonyl (C=O) groups is 4. The van der Waals surface area contributed by atoms with Crippen LogP contribution in [-0.2, 0) is 23.9 Å². The fourth-order valence-electron chi connectivity index (χ4n) is 7.05. The molecule has 32 heavy (non-hydrogen) atoms. The van der Waals surface area contributed by atoms with E-state index >= 15 is 4.39 Å². The number of esters is 1. The van der Waals surface area contributed by atoms with Gasteiger partial charge in [0, 0.05) is 36.5 Å².